The van der Waals surface area contributed by atoms with Crippen molar-refractivity contribution in [3.05, 3.63) is 38.5 Å². The third-order valence-electron chi connectivity index (χ3n) is 4.87. The third kappa shape index (κ3) is 4.22. The Balaban J connectivity index is 2.14. The molecule has 0 saturated heterocycles. The third-order valence-corrected chi connectivity index (χ3v) is 4.87. The van der Waals surface area contributed by atoms with Crippen molar-refractivity contribution in [3.63, 3.8) is 0 Å². The maximum absolute atomic E-state index is 12.3. The number of aliphatic hydroxyl groups is 1. The van der Waals surface area contributed by atoms with Gasteiger partial charge in [0.1, 0.15) is 0 Å². The zero-order valence-electron chi connectivity index (χ0n) is 16.4. The van der Waals surface area contributed by atoms with E-state index in [2.05, 4.69) is 27.2 Å². The molecular formula is C20H27N5O3. The minimum atomic E-state index is -0.663. The number of aromatic nitrogens is 4. The summed E-state index contributed by atoms with van der Waals surface area (Å²) in [5.41, 5.74) is 2.34. The number of aliphatic hydroxyl groups excluding tert-OH is 1. The molecule has 0 aliphatic carbocycles. The van der Waals surface area contributed by atoms with Gasteiger partial charge in [0.25, 0.3) is 5.56 Å². The second-order valence-corrected chi connectivity index (χ2v) is 7.03. The molecule has 150 valence electrons. The van der Waals surface area contributed by atoms with Gasteiger partial charge in [-0.15, -0.1) is 0 Å². The molecule has 0 bridgehead atoms. The Morgan fingerprint density at radius 1 is 1.14 bits per heavy atom. The van der Waals surface area contributed by atoms with Crippen LogP contribution in [0.2, 0.25) is 0 Å². The van der Waals surface area contributed by atoms with Gasteiger partial charge in [-0.2, -0.15) is 4.98 Å². The van der Waals surface area contributed by atoms with Crippen molar-refractivity contribution in [1.82, 2.24) is 19.5 Å². The molecule has 0 spiro atoms. The molecular weight excluding hydrogens is 358 g/mol. The Labute approximate surface area is 163 Å². The number of aromatic amines is 1. The molecule has 0 aromatic heterocycles. The summed E-state index contributed by atoms with van der Waals surface area (Å²) in [5.74, 6) is 0.314. The minimum absolute atomic E-state index is 0.0291. The molecule has 1 aromatic rings. The van der Waals surface area contributed by atoms with E-state index in [1.165, 1.54) is 12.8 Å². The van der Waals surface area contributed by atoms with Crippen LogP contribution in [0.4, 0.5) is 5.69 Å². The molecule has 0 atom stereocenters. The number of rotatable bonds is 9. The highest BCUT2D eigenvalue weighted by molar-refractivity contribution is 5.84. The lowest BCUT2D eigenvalue weighted by atomic mass is 10.1. The molecule has 0 saturated carbocycles. The largest absolute Gasteiger partial charge is 0.395 e. The van der Waals surface area contributed by atoms with Crippen molar-refractivity contribution in [2.75, 3.05) is 18.5 Å². The first-order valence-electron chi connectivity index (χ1n) is 9.85. The van der Waals surface area contributed by atoms with Crippen LogP contribution in [0.15, 0.2) is 21.7 Å². The Bertz CT molecular complexity index is 1040. The van der Waals surface area contributed by atoms with Gasteiger partial charge in [-0.1, -0.05) is 32.6 Å². The summed E-state index contributed by atoms with van der Waals surface area (Å²) in [4.78, 5) is 34.8. The lowest BCUT2D eigenvalue weighted by Gasteiger charge is -2.18. The SMILES string of the molecule is CCCCCCCn1c2nc(=O)[nH]c(=O)c-2nc2cc(C)c(NCCO)cc21. The normalized spacial score (nSPS) is 11.4. The number of benzene rings is 1. The molecule has 1 aromatic carbocycles. The monoisotopic (exact) mass is 385 g/mol. The quantitative estimate of drug-likeness (QED) is 0.385. The number of H-pyrrole nitrogens is 1. The van der Waals surface area contributed by atoms with Crippen molar-refractivity contribution in [1.29, 1.82) is 0 Å². The molecule has 0 fully saturated rings. The van der Waals surface area contributed by atoms with Crippen LogP contribution in [0, 0.1) is 6.92 Å². The van der Waals surface area contributed by atoms with Crippen molar-refractivity contribution in [2.24, 2.45) is 0 Å². The highest BCUT2D eigenvalue weighted by Crippen LogP contribution is 2.27. The zero-order chi connectivity index (χ0) is 20.1. The van der Waals surface area contributed by atoms with E-state index in [1.54, 1.807) is 0 Å². The summed E-state index contributed by atoms with van der Waals surface area (Å²) in [6.07, 6.45) is 5.51. The van der Waals surface area contributed by atoms with Crippen LogP contribution in [0.1, 0.15) is 44.6 Å². The first kappa shape index (κ1) is 20.0. The van der Waals surface area contributed by atoms with Gasteiger partial charge in [-0.3, -0.25) is 9.78 Å². The number of hydrogen-bond acceptors (Lipinski definition) is 6. The fraction of sp³-hybridized carbons (Fsp3) is 0.500. The minimum Gasteiger partial charge on any atom is -0.395 e. The van der Waals surface area contributed by atoms with Crippen molar-refractivity contribution in [3.8, 4) is 11.5 Å². The average molecular weight is 385 g/mol. The Morgan fingerprint density at radius 2 is 1.93 bits per heavy atom. The first-order chi connectivity index (χ1) is 13.5. The molecule has 2 heterocycles. The highest BCUT2D eigenvalue weighted by atomic mass is 16.3. The summed E-state index contributed by atoms with van der Waals surface area (Å²) >= 11 is 0. The Hall–Kier alpha value is -2.74. The average Bonchev–Trinajstić information content (AvgIpc) is 2.66. The van der Waals surface area contributed by atoms with E-state index < -0.39 is 11.2 Å². The number of fused-ring (bicyclic) bond motifs is 2. The summed E-state index contributed by atoms with van der Waals surface area (Å²) in [7, 11) is 0. The number of nitrogens with zero attached hydrogens (tertiary/aromatic N) is 3. The molecule has 8 nitrogen and oxygen atoms in total. The van der Waals surface area contributed by atoms with Crippen LogP contribution in [-0.2, 0) is 6.54 Å². The molecule has 8 heteroatoms. The van der Waals surface area contributed by atoms with Crippen molar-refractivity contribution < 1.29 is 5.11 Å². The molecule has 0 amide bonds. The number of aryl methyl sites for hydroxylation is 2. The molecule has 3 rings (SSSR count). The predicted octanol–water partition coefficient (Wildman–Crippen LogP) is 2.27. The fourth-order valence-electron chi connectivity index (χ4n) is 3.43. The molecule has 28 heavy (non-hydrogen) atoms. The Kier molecular flexibility index (Phi) is 6.41. The molecule has 2 aliphatic heterocycles. The molecule has 0 radical (unpaired) electrons. The predicted molar refractivity (Wildman–Crippen MR) is 110 cm³/mol. The maximum atomic E-state index is 12.3. The smallest absolute Gasteiger partial charge is 0.349 e. The first-order valence-corrected chi connectivity index (χ1v) is 9.85. The van der Waals surface area contributed by atoms with Gasteiger partial charge in [0.05, 0.1) is 17.6 Å². The van der Waals surface area contributed by atoms with Crippen LogP contribution in [0.25, 0.3) is 22.6 Å². The molecule has 3 N–H and O–H groups in total. The van der Waals surface area contributed by atoms with Gasteiger partial charge in [-0.05, 0) is 31.0 Å². The number of hydrogen-bond donors (Lipinski definition) is 3. The highest BCUT2D eigenvalue weighted by Gasteiger charge is 2.19. The lowest BCUT2D eigenvalue weighted by Crippen LogP contribution is -2.29. The second-order valence-electron chi connectivity index (χ2n) is 7.03. The summed E-state index contributed by atoms with van der Waals surface area (Å²) in [6.45, 7) is 5.24. The van der Waals surface area contributed by atoms with E-state index in [0.29, 0.717) is 24.4 Å². The van der Waals surface area contributed by atoms with Crippen LogP contribution in [0.5, 0.6) is 0 Å². The maximum Gasteiger partial charge on any atom is 0.349 e. The number of nitrogens with one attached hydrogen (secondary N) is 2. The van der Waals surface area contributed by atoms with Crippen LogP contribution in [-0.4, -0.2) is 37.8 Å². The van der Waals surface area contributed by atoms with Crippen LogP contribution < -0.4 is 16.6 Å². The summed E-state index contributed by atoms with van der Waals surface area (Å²) in [5, 5.41) is 12.3. The van der Waals surface area contributed by atoms with E-state index in [4.69, 9.17) is 5.11 Å². The van der Waals surface area contributed by atoms with Gasteiger partial charge in [0, 0.05) is 18.8 Å². The fourth-order valence-corrected chi connectivity index (χ4v) is 3.43. The van der Waals surface area contributed by atoms with Gasteiger partial charge < -0.3 is 15.0 Å². The molecule has 0 unspecified atom stereocenters. The summed E-state index contributed by atoms with van der Waals surface area (Å²) in [6, 6.07) is 3.86. The van der Waals surface area contributed by atoms with E-state index in [-0.39, 0.29) is 12.3 Å². The molecule has 2 aliphatic rings. The number of unbranched alkanes of at least 4 members (excludes halogenated alkanes) is 4. The van der Waals surface area contributed by atoms with E-state index in [9.17, 15) is 9.59 Å². The van der Waals surface area contributed by atoms with E-state index >= 15 is 0 Å². The van der Waals surface area contributed by atoms with Crippen molar-refractivity contribution in [2.45, 2.75) is 52.5 Å². The second kappa shape index (κ2) is 8.97. The lowest BCUT2D eigenvalue weighted by molar-refractivity contribution is 0.311. The van der Waals surface area contributed by atoms with Gasteiger partial charge >= 0.3 is 5.69 Å². The summed E-state index contributed by atoms with van der Waals surface area (Å²) < 4.78 is 1.92. The van der Waals surface area contributed by atoms with Gasteiger partial charge in [0.15, 0.2) is 11.5 Å². The van der Waals surface area contributed by atoms with Crippen LogP contribution >= 0.6 is 0 Å². The topological polar surface area (TPSA) is 113 Å². The zero-order valence-corrected chi connectivity index (χ0v) is 16.4. The standard InChI is InChI=1S/C20H27N5O3/c1-3-4-5-6-7-9-25-16-12-14(21-8-10-26)13(2)11-15(16)22-17-18(25)23-20(28)24-19(17)27/h11-12,21,26H,3-10H2,1-2H3,(H,24,27,28). The van der Waals surface area contributed by atoms with E-state index in [1.807, 2.05) is 23.6 Å². The van der Waals surface area contributed by atoms with Crippen LogP contribution in [0.3, 0.4) is 0 Å². The Morgan fingerprint density at radius 3 is 2.68 bits per heavy atom. The van der Waals surface area contributed by atoms with Crippen molar-refractivity contribution >= 4 is 16.7 Å². The van der Waals surface area contributed by atoms with Gasteiger partial charge in [0.2, 0.25) is 0 Å². The van der Waals surface area contributed by atoms with E-state index in [0.717, 1.165) is 36.0 Å². The van der Waals surface area contributed by atoms with Gasteiger partial charge in [-0.25, -0.2) is 9.78 Å². The number of anilines is 1.